The molecular formula is C18H21ClN4O4S. The van der Waals surface area contributed by atoms with Gasteiger partial charge in [-0.3, -0.25) is 19.5 Å². The van der Waals surface area contributed by atoms with Gasteiger partial charge in [0.25, 0.3) is 5.56 Å². The predicted octanol–water partition coefficient (Wildman–Crippen LogP) is 2.17. The molecule has 28 heavy (non-hydrogen) atoms. The average Bonchev–Trinajstić information content (AvgIpc) is 3.44. The number of nitrogens with one attached hydrogen (secondary N) is 2. The largest absolute Gasteiger partial charge is 0.383 e. The number of hydrogen-bond acceptors (Lipinski definition) is 6. The van der Waals surface area contributed by atoms with Crippen molar-refractivity contribution in [1.82, 2.24) is 20.2 Å². The van der Waals surface area contributed by atoms with E-state index in [0.29, 0.717) is 34.2 Å². The summed E-state index contributed by atoms with van der Waals surface area (Å²) < 4.78 is 6.56. The number of fused-ring (bicyclic) bond motifs is 1. The summed E-state index contributed by atoms with van der Waals surface area (Å²) in [7, 11) is 1.54. The Hall–Kier alpha value is -2.10. The highest BCUT2D eigenvalue weighted by Gasteiger charge is 2.26. The van der Waals surface area contributed by atoms with Gasteiger partial charge in [0.2, 0.25) is 5.91 Å². The summed E-state index contributed by atoms with van der Waals surface area (Å²) in [6.07, 6.45) is 1.86. The van der Waals surface area contributed by atoms with Crippen LogP contribution in [0.2, 0.25) is 5.02 Å². The summed E-state index contributed by atoms with van der Waals surface area (Å²) in [6.45, 7) is 2.26. The third-order valence-corrected chi connectivity index (χ3v) is 5.53. The molecule has 1 heterocycles. The number of urea groups is 1. The molecule has 1 unspecified atom stereocenters. The standard InChI is InChI=1S/C18H21ClN4O4S/c1-10(15(24)22-17(26)20-12-4-5-12)28-18-21-14-9-11(19)3-6-13(14)16(25)23(18)7-8-27-2/h3,6,9-10,12H,4-5,7-8H2,1-2H3,(H2,20,22,24,26). The molecule has 0 spiro atoms. The molecule has 1 aliphatic rings. The van der Waals surface area contributed by atoms with E-state index in [-0.39, 0.29) is 11.6 Å². The smallest absolute Gasteiger partial charge is 0.321 e. The number of methoxy groups -OCH3 is 1. The zero-order chi connectivity index (χ0) is 20.3. The van der Waals surface area contributed by atoms with Crippen molar-refractivity contribution in [2.75, 3.05) is 13.7 Å². The molecule has 3 rings (SSSR count). The van der Waals surface area contributed by atoms with Gasteiger partial charge in [-0.15, -0.1) is 0 Å². The van der Waals surface area contributed by atoms with Gasteiger partial charge in [-0.1, -0.05) is 23.4 Å². The maximum atomic E-state index is 12.9. The lowest BCUT2D eigenvalue weighted by molar-refractivity contribution is -0.119. The Balaban J connectivity index is 1.83. The zero-order valence-electron chi connectivity index (χ0n) is 15.5. The molecular weight excluding hydrogens is 404 g/mol. The number of rotatable bonds is 7. The van der Waals surface area contributed by atoms with Crippen molar-refractivity contribution in [3.8, 4) is 0 Å². The molecule has 150 valence electrons. The van der Waals surface area contributed by atoms with Crippen molar-refractivity contribution in [3.05, 3.63) is 33.6 Å². The molecule has 0 saturated heterocycles. The first-order valence-corrected chi connectivity index (χ1v) is 10.1. The van der Waals surface area contributed by atoms with Crippen LogP contribution >= 0.6 is 23.4 Å². The van der Waals surface area contributed by atoms with Crippen LogP contribution in [0.25, 0.3) is 10.9 Å². The lowest BCUT2D eigenvalue weighted by atomic mass is 10.2. The van der Waals surface area contributed by atoms with Crippen molar-refractivity contribution < 1.29 is 14.3 Å². The van der Waals surface area contributed by atoms with E-state index in [4.69, 9.17) is 16.3 Å². The first-order valence-electron chi connectivity index (χ1n) is 8.86. The molecule has 1 aromatic heterocycles. The molecule has 1 fully saturated rings. The van der Waals surface area contributed by atoms with Crippen LogP contribution in [0.1, 0.15) is 19.8 Å². The Morgan fingerprint density at radius 3 is 2.86 bits per heavy atom. The molecule has 8 nitrogen and oxygen atoms in total. The number of hydrogen-bond donors (Lipinski definition) is 2. The Kier molecular flexibility index (Phi) is 6.58. The number of carbonyl (C=O) groups is 2. The fourth-order valence-electron chi connectivity index (χ4n) is 2.52. The van der Waals surface area contributed by atoms with E-state index in [0.717, 1.165) is 24.6 Å². The minimum absolute atomic E-state index is 0.155. The van der Waals surface area contributed by atoms with Crippen molar-refractivity contribution in [2.45, 2.75) is 42.8 Å². The van der Waals surface area contributed by atoms with E-state index in [1.165, 1.54) is 4.57 Å². The fourth-order valence-corrected chi connectivity index (χ4v) is 3.62. The van der Waals surface area contributed by atoms with Gasteiger partial charge in [-0.05, 0) is 38.0 Å². The third kappa shape index (κ3) is 5.03. The fraction of sp³-hybridized carbons (Fsp3) is 0.444. The second-order valence-electron chi connectivity index (χ2n) is 6.50. The van der Waals surface area contributed by atoms with E-state index in [2.05, 4.69) is 15.6 Å². The van der Waals surface area contributed by atoms with E-state index in [1.807, 2.05) is 0 Å². The van der Waals surface area contributed by atoms with E-state index >= 15 is 0 Å². The number of amides is 3. The second kappa shape index (κ2) is 8.93. The molecule has 1 saturated carbocycles. The summed E-state index contributed by atoms with van der Waals surface area (Å²) in [5.74, 6) is -0.457. The summed E-state index contributed by atoms with van der Waals surface area (Å²) >= 11 is 7.12. The summed E-state index contributed by atoms with van der Waals surface area (Å²) in [4.78, 5) is 41.5. The Morgan fingerprint density at radius 2 is 2.18 bits per heavy atom. The lowest BCUT2D eigenvalue weighted by Gasteiger charge is -2.16. The Bertz CT molecular complexity index is 960. The number of ether oxygens (including phenoxy) is 1. The number of nitrogens with zero attached hydrogens (tertiary/aromatic N) is 2. The SMILES string of the molecule is COCCn1c(SC(C)C(=O)NC(=O)NC2CC2)nc2cc(Cl)ccc2c1=O. The number of halogens is 1. The second-order valence-corrected chi connectivity index (χ2v) is 8.25. The molecule has 1 aliphatic carbocycles. The number of aromatic nitrogens is 2. The molecule has 3 amide bonds. The van der Waals surface area contributed by atoms with Crippen molar-refractivity contribution in [3.63, 3.8) is 0 Å². The predicted molar refractivity (Wildman–Crippen MR) is 108 cm³/mol. The van der Waals surface area contributed by atoms with Gasteiger partial charge in [0, 0.05) is 18.2 Å². The van der Waals surface area contributed by atoms with Crippen LogP contribution in [-0.4, -0.2) is 46.5 Å². The van der Waals surface area contributed by atoms with E-state index < -0.39 is 17.2 Å². The molecule has 2 aromatic rings. The van der Waals surface area contributed by atoms with Gasteiger partial charge in [0.15, 0.2) is 5.16 Å². The average molecular weight is 425 g/mol. The van der Waals surface area contributed by atoms with Crippen LogP contribution in [0, 0.1) is 0 Å². The van der Waals surface area contributed by atoms with Crippen LogP contribution in [0.15, 0.2) is 28.2 Å². The maximum Gasteiger partial charge on any atom is 0.321 e. The van der Waals surface area contributed by atoms with Gasteiger partial charge >= 0.3 is 6.03 Å². The maximum absolute atomic E-state index is 12.9. The molecule has 2 N–H and O–H groups in total. The normalized spacial score (nSPS) is 14.7. The number of carbonyl (C=O) groups excluding carboxylic acids is 2. The van der Waals surface area contributed by atoms with Gasteiger partial charge in [-0.2, -0.15) is 0 Å². The summed E-state index contributed by atoms with van der Waals surface area (Å²) in [5, 5.41) is 5.65. The summed E-state index contributed by atoms with van der Waals surface area (Å²) in [6, 6.07) is 4.52. The van der Waals surface area contributed by atoms with E-state index in [1.54, 1.807) is 32.2 Å². The summed E-state index contributed by atoms with van der Waals surface area (Å²) in [5.41, 5.74) is 0.216. The van der Waals surface area contributed by atoms with Gasteiger partial charge < -0.3 is 10.1 Å². The highest BCUT2D eigenvalue weighted by molar-refractivity contribution is 8.00. The lowest BCUT2D eigenvalue weighted by Crippen LogP contribution is -2.43. The highest BCUT2D eigenvalue weighted by Crippen LogP contribution is 2.24. The zero-order valence-corrected chi connectivity index (χ0v) is 17.1. The quantitative estimate of drug-likeness (QED) is 0.521. The topological polar surface area (TPSA) is 102 Å². The van der Waals surface area contributed by atoms with Crippen molar-refractivity contribution >= 4 is 46.2 Å². The minimum Gasteiger partial charge on any atom is -0.383 e. The van der Waals surface area contributed by atoms with Crippen LogP contribution in [0.4, 0.5) is 4.79 Å². The number of benzene rings is 1. The molecule has 0 bridgehead atoms. The number of imide groups is 1. The third-order valence-electron chi connectivity index (χ3n) is 4.20. The molecule has 0 radical (unpaired) electrons. The molecule has 1 aromatic carbocycles. The molecule has 1 atom stereocenters. The van der Waals surface area contributed by atoms with E-state index in [9.17, 15) is 14.4 Å². The van der Waals surface area contributed by atoms with Crippen molar-refractivity contribution in [2.24, 2.45) is 0 Å². The number of thioether (sulfide) groups is 1. The Labute approximate surface area is 171 Å². The van der Waals surface area contributed by atoms with Crippen LogP contribution in [0.3, 0.4) is 0 Å². The van der Waals surface area contributed by atoms with Gasteiger partial charge in [0.05, 0.1) is 29.3 Å². The van der Waals surface area contributed by atoms with Gasteiger partial charge in [0.1, 0.15) is 0 Å². The minimum atomic E-state index is -0.637. The molecule has 10 heteroatoms. The molecule has 0 aliphatic heterocycles. The van der Waals surface area contributed by atoms with Crippen LogP contribution < -0.4 is 16.2 Å². The van der Waals surface area contributed by atoms with Crippen LogP contribution in [0.5, 0.6) is 0 Å². The first kappa shape index (κ1) is 20.6. The monoisotopic (exact) mass is 424 g/mol. The Morgan fingerprint density at radius 1 is 1.43 bits per heavy atom. The van der Waals surface area contributed by atoms with Gasteiger partial charge in [-0.25, -0.2) is 9.78 Å². The van der Waals surface area contributed by atoms with Crippen LogP contribution in [-0.2, 0) is 16.1 Å². The van der Waals surface area contributed by atoms with Crippen molar-refractivity contribution in [1.29, 1.82) is 0 Å². The highest BCUT2D eigenvalue weighted by atomic mass is 35.5. The first-order chi connectivity index (χ1) is 13.4.